The number of anilines is 1. The molecule has 0 saturated heterocycles. The fraction of sp³-hybridized carbons (Fsp3) is 0.350. The smallest absolute Gasteiger partial charge is 0.319 e. The van der Waals surface area contributed by atoms with E-state index in [1.54, 1.807) is 0 Å². The van der Waals surface area contributed by atoms with E-state index in [1.807, 2.05) is 40.1 Å². The van der Waals surface area contributed by atoms with Crippen LogP contribution in [0.1, 0.15) is 27.8 Å². The van der Waals surface area contributed by atoms with Crippen molar-refractivity contribution in [3.8, 4) is 0 Å². The predicted molar refractivity (Wildman–Crippen MR) is 100 cm³/mol. The fourth-order valence-electron chi connectivity index (χ4n) is 2.92. The van der Waals surface area contributed by atoms with Crippen molar-refractivity contribution in [1.29, 1.82) is 0 Å². The number of hydrogen-bond acceptors (Lipinski definition) is 2. The first-order chi connectivity index (χ1) is 11.3. The van der Waals surface area contributed by atoms with Crippen molar-refractivity contribution in [2.75, 3.05) is 19.4 Å². The van der Waals surface area contributed by atoms with Crippen molar-refractivity contribution in [1.82, 2.24) is 10.2 Å². The van der Waals surface area contributed by atoms with Crippen LogP contribution < -0.4 is 10.6 Å². The molecule has 0 aliphatic heterocycles. The van der Waals surface area contributed by atoms with Crippen LogP contribution >= 0.6 is 0 Å². The number of hydrogen-bond donors (Lipinski definition) is 2. The molecule has 2 rings (SSSR count). The topological polar surface area (TPSA) is 44.4 Å². The van der Waals surface area contributed by atoms with Gasteiger partial charge in [0.05, 0.1) is 0 Å². The van der Waals surface area contributed by atoms with Gasteiger partial charge in [-0.05, 0) is 57.1 Å². The first-order valence-corrected chi connectivity index (χ1v) is 8.20. The van der Waals surface area contributed by atoms with Gasteiger partial charge in [0.1, 0.15) is 0 Å². The molecule has 0 fully saturated rings. The zero-order chi connectivity index (χ0) is 17.7. The van der Waals surface area contributed by atoms with Gasteiger partial charge < -0.3 is 15.5 Å². The monoisotopic (exact) mass is 325 g/mol. The summed E-state index contributed by atoms with van der Waals surface area (Å²) in [6, 6.07) is 12.3. The Balaban J connectivity index is 1.97. The number of carbonyl (C=O) groups is 1. The molecule has 0 bridgehead atoms. The molecule has 0 heterocycles. The summed E-state index contributed by atoms with van der Waals surface area (Å²) in [4.78, 5) is 14.3. The number of nitrogens with one attached hydrogen (secondary N) is 2. The summed E-state index contributed by atoms with van der Waals surface area (Å²) in [6.45, 7) is 7.49. The predicted octanol–water partition coefficient (Wildman–Crippen LogP) is 4.00. The van der Waals surface area contributed by atoms with Crippen molar-refractivity contribution in [2.24, 2.45) is 0 Å². The van der Waals surface area contributed by atoms with Crippen molar-refractivity contribution in [3.05, 3.63) is 64.2 Å². The quantitative estimate of drug-likeness (QED) is 0.873. The maximum atomic E-state index is 12.2. The first kappa shape index (κ1) is 18.0. The molecule has 0 atom stereocenters. The summed E-state index contributed by atoms with van der Waals surface area (Å²) in [5.74, 6) is 0. The molecule has 24 heavy (non-hydrogen) atoms. The van der Waals surface area contributed by atoms with Gasteiger partial charge in [-0.15, -0.1) is 0 Å². The molecule has 128 valence electrons. The largest absolute Gasteiger partial charge is 0.334 e. The third-order valence-corrected chi connectivity index (χ3v) is 3.86. The summed E-state index contributed by atoms with van der Waals surface area (Å²) in [5, 5.41) is 5.90. The maximum absolute atomic E-state index is 12.2. The van der Waals surface area contributed by atoms with Crippen LogP contribution in [0.2, 0.25) is 0 Å². The second kappa shape index (κ2) is 7.97. The van der Waals surface area contributed by atoms with E-state index in [1.165, 1.54) is 11.1 Å². The highest BCUT2D eigenvalue weighted by Gasteiger charge is 2.08. The third kappa shape index (κ3) is 5.10. The van der Waals surface area contributed by atoms with E-state index < -0.39 is 0 Å². The SMILES string of the molecule is Cc1cc(C)c(NC(=O)NCc2cccc(CN(C)C)c2)c(C)c1. The van der Waals surface area contributed by atoms with E-state index in [4.69, 9.17) is 0 Å². The second-order valence-electron chi connectivity index (χ2n) is 6.64. The molecule has 2 aromatic carbocycles. The lowest BCUT2D eigenvalue weighted by Gasteiger charge is -2.14. The van der Waals surface area contributed by atoms with E-state index in [-0.39, 0.29) is 6.03 Å². The van der Waals surface area contributed by atoms with Gasteiger partial charge in [-0.25, -0.2) is 4.79 Å². The number of rotatable bonds is 5. The van der Waals surface area contributed by atoms with Crippen LogP contribution in [0.15, 0.2) is 36.4 Å². The number of carbonyl (C=O) groups excluding carboxylic acids is 1. The van der Waals surface area contributed by atoms with Crippen molar-refractivity contribution >= 4 is 11.7 Å². The molecule has 0 unspecified atom stereocenters. The van der Waals surface area contributed by atoms with Crippen molar-refractivity contribution in [2.45, 2.75) is 33.9 Å². The van der Waals surface area contributed by atoms with E-state index in [0.29, 0.717) is 6.54 Å². The summed E-state index contributed by atoms with van der Waals surface area (Å²) >= 11 is 0. The minimum absolute atomic E-state index is 0.178. The zero-order valence-corrected chi connectivity index (χ0v) is 15.2. The van der Waals surface area contributed by atoms with Crippen LogP contribution in [0.3, 0.4) is 0 Å². The van der Waals surface area contributed by atoms with Crippen LogP contribution in [-0.4, -0.2) is 25.0 Å². The molecule has 0 aliphatic carbocycles. The van der Waals surface area contributed by atoms with Gasteiger partial charge in [0, 0.05) is 18.8 Å². The molecule has 4 nitrogen and oxygen atoms in total. The van der Waals surface area contributed by atoms with Gasteiger partial charge in [-0.2, -0.15) is 0 Å². The van der Waals surface area contributed by atoms with Crippen molar-refractivity contribution < 1.29 is 4.79 Å². The fourth-order valence-corrected chi connectivity index (χ4v) is 2.92. The number of amides is 2. The van der Waals surface area contributed by atoms with Crippen LogP contribution in [-0.2, 0) is 13.1 Å². The summed E-state index contributed by atoms with van der Waals surface area (Å²) < 4.78 is 0. The molecular weight excluding hydrogens is 298 g/mol. The van der Waals surface area contributed by atoms with Gasteiger partial charge in [0.15, 0.2) is 0 Å². The zero-order valence-electron chi connectivity index (χ0n) is 15.2. The van der Waals surface area contributed by atoms with Crippen LogP contribution in [0, 0.1) is 20.8 Å². The highest BCUT2D eigenvalue weighted by Crippen LogP contribution is 2.21. The van der Waals surface area contributed by atoms with Gasteiger partial charge >= 0.3 is 6.03 Å². The van der Waals surface area contributed by atoms with E-state index in [9.17, 15) is 4.79 Å². The highest BCUT2D eigenvalue weighted by atomic mass is 16.2. The van der Waals surface area contributed by atoms with Crippen LogP contribution in [0.4, 0.5) is 10.5 Å². The molecule has 2 N–H and O–H groups in total. The van der Waals surface area contributed by atoms with E-state index in [0.717, 1.165) is 28.9 Å². The molecule has 0 saturated carbocycles. The molecule has 0 radical (unpaired) electrons. The first-order valence-electron chi connectivity index (χ1n) is 8.20. The third-order valence-electron chi connectivity index (χ3n) is 3.86. The standard InChI is InChI=1S/C20H27N3O/c1-14-9-15(2)19(16(3)10-14)22-20(24)21-12-17-7-6-8-18(11-17)13-23(4)5/h6-11H,12-13H2,1-5H3,(H2,21,22,24). The molecule has 2 amide bonds. The minimum Gasteiger partial charge on any atom is -0.334 e. The summed E-state index contributed by atoms with van der Waals surface area (Å²) in [5.41, 5.74) is 6.59. The van der Waals surface area contributed by atoms with Gasteiger partial charge in [0.25, 0.3) is 0 Å². The second-order valence-corrected chi connectivity index (χ2v) is 6.64. The summed E-state index contributed by atoms with van der Waals surface area (Å²) in [6.07, 6.45) is 0. The van der Waals surface area contributed by atoms with Crippen LogP contribution in [0.5, 0.6) is 0 Å². The molecule has 0 spiro atoms. The minimum atomic E-state index is -0.178. The Kier molecular flexibility index (Phi) is 5.99. The Hall–Kier alpha value is -2.33. The lowest BCUT2D eigenvalue weighted by Crippen LogP contribution is -2.29. The van der Waals surface area contributed by atoms with Crippen LogP contribution in [0.25, 0.3) is 0 Å². The van der Waals surface area contributed by atoms with Gasteiger partial charge in [0.2, 0.25) is 0 Å². The average Bonchev–Trinajstić information content (AvgIpc) is 2.48. The number of aryl methyl sites for hydroxylation is 3. The Morgan fingerprint density at radius 3 is 2.25 bits per heavy atom. The highest BCUT2D eigenvalue weighted by molar-refractivity contribution is 5.91. The Morgan fingerprint density at radius 1 is 1.00 bits per heavy atom. The van der Waals surface area contributed by atoms with E-state index >= 15 is 0 Å². The maximum Gasteiger partial charge on any atom is 0.319 e. The average molecular weight is 325 g/mol. The number of urea groups is 1. The molecule has 4 heteroatoms. The Morgan fingerprint density at radius 2 is 1.62 bits per heavy atom. The molecule has 2 aromatic rings. The lowest BCUT2D eigenvalue weighted by molar-refractivity contribution is 0.251. The lowest BCUT2D eigenvalue weighted by atomic mass is 10.1. The number of nitrogens with zero attached hydrogens (tertiary/aromatic N) is 1. The van der Waals surface area contributed by atoms with E-state index in [2.05, 4.69) is 46.7 Å². The summed E-state index contributed by atoms with van der Waals surface area (Å²) in [7, 11) is 4.09. The Bertz CT molecular complexity index is 700. The molecule has 0 aliphatic rings. The van der Waals surface area contributed by atoms with Crippen molar-refractivity contribution in [3.63, 3.8) is 0 Å². The normalized spacial score (nSPS) is 10.8. The Labute approximate surface area is 144 Å². The molecule has 0 aromatic heterocycles. The number of benzene rings is 2. The molecular formula is C20H27N3O. The van der Waals surface area contributed by atoms with Gasteiger partial charge in [-0.3, -0.25) is 0 Å². The van der Waals surface area contributed by atoms with Gasteiger partial charge in [-0.1, -0.05) is 42.0 Å².